The van der Waals surface area contributed by atoms with Gasteiger partial charge in [0.15, 0.2) is 5.01 Å². The highest BCUT2D eigenvalue weighted by Crippen LogP contribution is 2.24. The molecule has 0 saturated heterocycles. The van der Waals surface area contributed by atoms with Gasteiger partial charge in [0.05, 0.1) is 11.6 Å². The van der Waals surface area contributed by atoms with Crippen molar-refractivity contribution in [2.75, 3.05) is 5.88 Å². The van der Waals surface area contributed by atoms with Gasteiger partial charge in [0.2, 0.25) is 5.78 Å². The Labute approximate surface area is 86.9 Å². The Morgan fingerprint density at radius 2 is 2.23 bits per heavy atom. The molecule has 0 saturated carbocycles. The molecule has 13 heavy (non-hydrogen) atoms. The Balaban J connectivity index is 2.93. The molecular weight excluding hydrogens is 206 g/mol. The van der Waals surface area contributed by atoms with E-state index in [4.69, 9.17) is 11.6 Å². The number of nitrogens with zero attached hydrogens (tertiary/aromatic N) is 1. The van der Waals surface area contributed by atoms with Crippen molar-refractivity contribution < 1.29 is 4.79 Å². The summed E-state index contributed by atoms with van der Waals surface area (Å²) in [6.07, 6.45) is 0. The number of alkyl halides is 1. The molecule has 1 aromatic rings. The second-order valence-corrected chi connectivity index (χ2v) is 4.97. The second kappa shape index (κ2) is 3.76. The SMILES string of the molecule is CC(C)(C)c1csc(C(=O)CCl)n1. The molecule has 0 atom stereocenters. The molecule has 0 fully saturated rings. The van der Waals surface area contributed by atoms with E-state index in [2.05, 4.69) is 25.8 Å². The molecule has 1 rings (SSSR count). The summed E-state index contributed by atoms with van der Waals surface area (Å²) in [6, 6.07) is 0. The Hall–Kier alpha value is -0.410. The first-order valence-corrected chi connectivity index (χ1v) is 5.41. The predicted octanol–water partition coefficient (Wildman–Crippen LogP) is 2.86. The Bertz CT molecular complexity index is 314. The maximum absolute atomic E-state index is 11.2. The van der Waals surface area contributed by atoms with E-state index in [1.807, 2.05) is 5.38 Å². The maximum atomic E-state index is 11.2. The summed E-state index contributed by atoms with van der Waals surface area (Å²) in [7, 11) is 0. The number of Topliss-reactive ketones (excluding diaryl/α,β-unsaturated/α-hetero) is 1. The molecule has 0 aliphatic heterocycles. The molecule has 0 bridgehead atoms. The highest BCUT2D eigenvalue weighted by Gasteiger charge is 2.19. The van der Waals surface area contributed by atoms with Crippen LogP contribution in [0.15, 0.2) is 5.38 Å². The molecule has 0 aliphatic rings. The van der Waals surface area contributed by atoms with E-state index in [1.54, 1.807) is 0 Å². The van der Waals surface area contributed by atoms with Gasteiger partial charge in [-0.25, -0.2) is 4.98 Å². The number of rotatable bonds is 2. The molecule has 4 heteroatoms. The third-order valence-electron chi connectivity index (χ3n) is 1.63. The van der Waals surface area contributed by atoms with Gasteiger partial charge in [0.1, 0.15) is 0 Å². The number of ketones is 1. The number of hydrogen-bond acceptors (Lipinski definition) is 3. The van der Waals surface area contributed by atoms with Gasteiger partial charge in [0, 0.05) is 10.8 Å². The molecule has 0 N–H and O–H groups in total. The van der Waals surface area contributed by atoms with E-state index >= 15 is 0 Å². The molecule has 72 valence electrons. The number of aromatic nitrogens is 1. The van der Waals surface area contributed by atoms with Gasteiger partial charge in [0.25, 0.3) is 0 Å². The van der Waals surface area contributed by atoms with Gasteiger partial charge in [-0.2, -0.15) is 0 Å². The number of carbonyl (C=O) groups is 1. The lowest BCUT2D eigenvalue weighted by Gasteiger charge is -2.13. The number of thiazole rings is 1. The molecule has 1 aromatic heterocycles. The zero-order valence-corrected chi connectivity index (χ0v) is 9.50. The smallest absolute Gasteiger partial charge is 0.206 e. The van der Waals surface area contributed by atoms with E-state index in [0.717, 1.165) is 5.69 Å². The summed E-state index contributed by atoms with van der Waals surface area (Å²) in [6.45, 7) is 6.20. The first kappa shape index (κ1) is 10.7. The van der Waals surface area contributed by atoms with Crippen molar-refractivity contribution in [3.8, 4) is 0 Å². The Morgan fingerprint density at radius 3 is 2.62 bits per heavy atom. The fraction of sp³-hybridized carbons (Fsp3) is 0.556. The normalized spacial score (nSPS) is 11.7. The lowest BCUT2D eigenvalue weighted by Crippen LogP contribution is -2.12. The van der Waals surface area contributed by atoms with Crippen molar-refractivity contribution in [3.63, 3.8) is 0 Å². The van der Waals surface area contributed by atoms with Gasteiger partial charge < -0.3 is 0 Å². The zero-order chi connectivity index (χ0) is 10.1. The van der Waals surface area contributed by atoms with Crippen LogP contribution >= 0.6 is 22.9 Å². The molecular formula is C9H12ClNOS. The third-order valence-corrected chi connectivity index (χ3v) is 2.76. The van der Waals surface area contributed by atoms with Crippen LogP contribution in [0.1, 0.15) is 36.3 Å². The fourth-order valence-corrected chi connectivity index (χ4v) is 1.99. The number of carbonyl (C=O) groups excluding carboxylic acids is 1. The minimum absolute atomic E-state index is 0.00133. The van der Waals surface area contributed by atoms with Gasteiger partial charge in [-0.3, -0.25) is 4.79 Å². The minimum Gasteiger partial charge on any atom is -0.290 e. The van der Waals surface area contributed by atoms with Gasteiger partial charge in [-0.15, -0.1) is 22.9 Å². The van der Waals surface area contributed by atoms with Gasteiger partial charge >= 0.3 is 0 Å². The average molecular weight is 218 g/mol. The van der Waals surface area contributed by atoms with Crippen LogP contribution in [0.2, 0.25) is 0 Å². The second-order valence-electron chi connectivity index (χ2n) is 3.84. The predicted molar refractivity (Wildman–Crippen MR) is 55.9 cm³/mol. The largest absolute Gasteiger partial charge is 0.290 e. The molecule has 0 aromatic carbocycles. The molecule has 2 nitrogen and oxygen atoms in total. The van der Waals surface area contributed by atoms with E-state index in [9.17, 15) is 4.79 Å². The molecule has 0 unspecified atom stereocenters. The summed E-state index contributed by atoms with van der Waals surface area (Å²) in [5, 5.41) is 2.43. The summed E-state index contributed by atoms with van der Waals surface area (Å²) in [5.41, 5.74) is 0.951. The maximum Gasteiger partial charge on any atom is 0.206 e. The van der Waals surface area contributed by atoms with Crippen molar-refractivity contribution in [2.45, 2.75) is 26.2 Å². The summed E-state index contributed by atoms with van der Waals surface area (Å²) in [5.74, 6) is -0.0842. The highest BCUT2D eigenvalue weighted by molar-refractivity contribution is 7.11. The van der Waals surface area contributed by atoms with Crippen molar-refractivity contribution in [3.05, 3.63) is 16.1 Å². The first-order valence-electron chi connectivity index (χ1n) is 4.00. The van der Waals surface area contributed by atoms with E-state index in [1.165, 1.54) is 11.3 Å². The standard InChI is InChI=1S/C9H12ClNOS/c1-9(2,3)7-5-13-8(11-7)6(12)4-10/h5H,4H2,1-3H3. The van der Waals surface area contributed by atoms with Crippen LogP contribution in [0.4, 0.5) is 0 Å². The van der Waals surface area contributed by atoms with E-state index in [0.29, 0.717) is 5.01 Å². The Kier molecular flexibility index (Phi) is 3.09. The third kappa shape index (κ3) is 2.51. The summed E-state index contributed by atoms with van der Waals surface area (Å²) in [4.78, 5) is 15.4. The molecule has 0 spiro atoms. The lowest BCUT2D eigenvalue weighted by atomic mass is 9.93. The van der Waals surface area contributed by atoms with Gasteiger partial charge in [-0.1, -0.05) is 20.8 Å². The minimum atomic E-state index is -0.0952. The highest BCUT2D eigenvalue weighted by atomic mass is 35.5. The Morgan fingerprint density at radius 1 is 1.62 bits per heavy atom. The zero-order valence-electron chi connectivity index (χ0n) is 7.93. The van der Waals surface area contributed by atoms with Crippen LogP contribution in [0.5, 0.6) is 0 Å². The number of hydrogen-bond donors (Lipinski definition) is 0. The van der Waals surface area contributed by atoms with Crippen molar-refractivity contribution >= 4 is 28.7 Å². The molecule has 0 amide bonds. The van der Waals surface area contributed by atoms with E-state index < -0.39 is 0 Å². The quantitative estimate of drug-likeness (QED) is 0.563. The first-order chi connectivity index (χ1) is 5.95. The lowest BCUT2D eigenvalue weighted by molar-refractivity contribution is 0.102. The topological polar surface area (TPSA) is 30.0 Å². The van der Waals surface area contributed by atoms with Crippen molar-refractivity contribution in [1.82, 2.24) is 4.98 Å². The van der Waals surface area contributed by atoms with Crippen molar-refractivity contribution in [1.29, 1.82) is 0 Å². The van der Waals surface area contributed by atoms with E-state index in [-0.39, 0.29) is 17.1 Å². The van der Waals surface area contributed by atoms with Crippen LogP contribution in [-0.4, -0.2) is 16.6 Å². The number of halogens is 1. The van der Waals surface area contributed by atoms with Gasteiger partial charge in [-0.05, 0) is 0 Å². The van der Waals surface area contributed by atoms with Crippen LogP contribution in [0.25, 0.3) is 0 Å². The summed E-state index contributed by atoms with van der Waals surface area (Å²) >= 11 is 6.79. The van der Waals surface area contributed by atoms with Crippen LogP contribution < -0.4 is 0 Å². The molecule has 0 radical (unpaired) electrons. The summed E-state index contributed by atoms with van der Waals surface area (Å²) < 4.78 is 0. The van der Waals surface area contributed by atoms with Crippen LogP contribution in [0, 0.1) is 0 Å². The van der Waals surface area contributed by atoms with Crippen LogP contribution in [0.3, 0.4) is 0 Å². The fourth-order valence-electron chi connectivity index (χ4n) is 0.803. The molecule has 1 heterocycles. The van der Waals surface area contributed by atoms with Crippen LogP contribution in [-0.2, 0) is 5.41 Å². The van der Waals surface area contributed by atoms with Crippen molar-refractivity contribution in [2.24, 2.45) is 0 Å². The average Bonchev–Trinajstić information content (AvgIpc) is 2.50. The molecule has 0 aliphatic carbocycles. The monoisotopic (exact) mass is 217 g/mol.